The average Bonchev–Trinajstić information content (AvgIpc) is 2.10. The van der Waals surface area contributed by atoms with Crippen molar-refractivity contribution in [2.24, 2.45) is 0 Å². The van der Waals surface area contributed by atoms with Crippen molar-refractivity contribution in [3.05, 3.63) is 40.0 Å². The molecule has 0 aliphatic carbocycles. The van der Waals surface area contributed by atoms with Gasteiger partial charge in [0.2, 0.25) is 0 Å². The Morgan fingerprint density at radius 2 is 2.27 bits per heavy atom. The second kappa shape index (κ2) is 5.19. The van der Waals surface area contributed by atoms with Crippen molar-refractivity contribution in [2.45, 2.75) is 6.92 Å². The van der Waals surface area contributed by atoms with Crippen molar-refractivity contribution in [2.75, 3.05) is 5.32 Å². The second-order valence-electron chi connectivity index (χ2n) is 2.85. The highest BCUT2D eigenvalue weighted by Crippen LogP contribution is 2.25. The first kappa shape index (κ1) is 12.1. The number of rotatable bonds is 2. The first-order chi connectivity index (χ1) is 6.99. The molecule has 3 nitrogen and oxygen atoms in total. The molecule has 0 aliphatic heterocycles. The third kappa shape index (κ3) is 3.93. The van der Waals surface area contributed by atoms with Crippen LogP contribution < -0.4 is 5.32 Å². The largest absolute Gasteiger partial charge is 0.416 e. The number of amides is 1. The highest BCUT2D eigenvalue weighted by molar-refractivity contribution is 9.10. The van der Waals surface area contributed by atoms with Crippen LogP contribution in [-0.2, 0) is 4.74 Å². The van der Waals surface area contributed by atoms with E-state index in [-0.39, 0.29) is 0 Å². The number of halogens is 2. The summed E-state index contributed by atoms with van der Waals surface area (Å²) >= 11 is 9.04. The molecule has 0 heterocycles. The van der Waals surface area contributed by atoms with Gasteiger partial charge in [0, 0.05) is 10.2 Å². The summed E-state index contributed by atoms with van der Waals surface area (Å²) in [6.45, 7) is 5.05. The zero-order chi connectivity index (χ0) is 11.4. The molecule has 0 unspecified atom stereocenters. The van der Waals surface area contributed by atoms with E-state index >= 15 is 0 Å². The average molecular weight is 291 g/mol. The lowest BCUT2D eigenvalue weighted by atomic mass is 10.3. The molecule has 5 heteroatoms. The Kier molecular flexibility index (Phi) is 4.17. The van der Waals surface area contributed by atoms with Gasteiger partial charge >= 0.3 is 6.09 Å². The molecule has 0 saturated carbocycles. The number of anilines is 1. The van der Waals surface area contributed by atoms with Crippen LogP contribution in [0.25, 0.3) is 0 Å². The van der Waals surface area contributed by atoms with Crippen LogP contribution in [-0.4, -0.2) is 6.09 Å². The molecule has 0 radical (unpaired) electrons. The van der Waals surface area contributed by atoms with E-state index in [0.717, 1.165) is 0 Å². The van der Waals surface area contributed by atoms with Crippen molar-refractivity contribution < 1.29 is 9.53 Å². The molecule has 0 aliphatic rings. The van der Waals surface area contributed by atoms with Gasteiger partial charge in [-0.1, -0.05) is 18.2 Å². The van der Waals surface area contributed by atoms with Gasteiger partial charge in [0.05, 0.1) is 10.8 Å². The highest BCUT2D eigenvalue weighted by atomic mass is 79.9. The fourth-order valence-electron chi connectivity index (χ4n) is 0.875. The standard InChI is InChI=1S/C10H9BrClNO2/c1-6(2)15-10(14)13-7-3-4-9(12)8(11)5-7/h3-5H,1H2,2H3,(H,13,14). The summed E-state index contributed by atoms with van der Waals surface area (Å²) in [6, 6.07) is 5.02. The number of hydrogen-bond donors (Lipinski definition) is 1. The lowest BCUT2D eigenvalue weighted by Gasteiger charge is -2.06. The van der Waals surface area contributed by atoms with Crippen molar-refractivity contribution in [3.8, 4) is 0 Å². The van der Waals surface area contributed by atoms with Gasteiger partial charge in [-0.3, -0.25) is 5.32 Å². The summed E-state index contributed by atoms with van der Waals surface area (Å²) in [5, 5.41) is 3.11. The van der Waals surface area contributed by atoms with E-state index in [1.807, 2.05) is 0 Å². The number of ether oxygens (including phenoxy) is 1. The van der Waals surface area contributed by atoms with Crippen LogP contribution in [0.4, 0.5) is 10.5 Å². The number of carbonyl (C=O) groups is 1. The van der Waals surface area contributed by atoms with E-state index in [0.29, 0.717) is 20.9 Å². The van der Waals surface area contributed by atoms with Crippen LogP contribution in [0.3, 0.4) is 0 Å². The minimum atomic E-state index is -0.572. The van der Waals surface area contributed by atoms with E-state index in [2.05, 4.69) is 27.8 Å². The van der Waals surface area contributed by atoms with Crippen molar-refractivity contribution >= 4 is 39.3 Å². The Balaban J connectivity index is 2.69. The molecular weight excluding hydrogens is 281 g/mol. The first-order valence-corrected chi connectivity index (χ1v) is 5.25. The maximum absolute atomic E-state index is 11.2. The minimum absolute atomic E-state index is 0.334. The molecule has 0 bridgehead atoms. The number of allylic oxidation sites excluding steroid dienone is 1. The second-order valence-corrected chi connectivity index (χ2v) is 4.11. The van der Waals surface area contributed by atoms with Gasteiger partial charge in [-0.25, -0.2) is 4.79 Å². The highest BCUT2D eigenvalue weighted by Gasteiger charge is 2.04. The number of carbonyl (C=O) groups excluding carboxylic acids is 1. The quantitative estimate of drug-likeness (QED) is 0.830. The first-order valence-electron chi connectivity index (χ1n) is 4.08. The molecule has 1 rings (SSSR count). The predicted molar refractivity (Wildman–Crippen MR) is 64.1 cm³/mol. The molecule has 1 N–H and O–H groups in total. The minimum Gasteiger partial charge on any atom is -0.416 e. The monoisotopic (exact) mass is 289 g/mol. The molecule has 15 heavy (non-hydrogen) atoms. The lowest BCUT2D eigenvalue weighted by molar-refractivity contribution is 0.192. The number of benzene rings is 1. The normalized spacial score (nSPS) is 9.53. The van der Waals surface area contributed by atoms with Gasteiger partial charge in [-0.2, -0.15) is 0 Å². The maximum atomic E-state index is 11.2. The summed E-state index contributed by atoms with van der Waals surface area (Å²) in [5.41, 5.74) is 0.595. The summed E-state index contributed by atoms with van der Waals surface area (Å²) < 4.78 is 5.44. The van der Waals surface area contributed by atoms with E-state index in [1.54, 1.807) is 25.1 Å². The SMILES string of the molecule is C=C(C)OC(=O)Nc1ccc(Cl)c(Br)c1. The van der Waals surface area contributed by atoms with Gasteiger partial charge in [0.1, 0.15) is 0 Å². The molecule has 1 amide bonds. The molecule has 0 aromatic heterocycles. The fourth-order valence-corrected chi connectivity index (χ4v) is 1.37. The lowest BCUT2D eigenvalue weighted by Crippen LogP contribution is -2.12. The Morgan fingerprint density at radius 1 is 1.60 bits per heavy atom. The van der Waals surface area contributed by atoms with Gasteiger partial charge in [0.15, 0.2) is 0 Å². The molecule has 0 saturated heterocycles. The van der Waals surface area contributed by atoms with Crippen LogP contribution >= 0.6 is 27.5 Å². The predicted octanol–water partition coefficient (Wildman–Crippen LogP) is 4.18. The van der Waals surface area contributed by atoms with E-state index in [1.165, 1.54) is 0 Å². The zero-order valence-electron chi connectivity index (χ0n) is 8.01. The summed E-state index contributed by atoms with van der Waals surface area (Å²) in [7, 11) is 0. The van der Waals surface area contributed by atoms with Gasteiger partial charge in [-0.05, 0) is 41.1 Å². The Morgan fingerprint density at radius 3 is 2.80 bits per heavy atom. The third-order valence-corrected chi connectivity index (χ3v) is 2.65. The maximum Gasteiger partial charge on any atom is 0.416 e. The molecule has 0 spiro atoms. The summed E-state index contributed by atoms with van der Waals surface area (Å²) in [6.07, 6.45) is -0.572. The van der Waals surface area contributed by atoms with E-state index < -0.39 is 6.09 Å². The topological polar surface area (TPSA) is 38.3 Å². The Bertz CT molecular complexity index is 406. The number of hydrogen-bond acceptors (Lipinski definition) is 2. The smallest absolute Gasteiger partial charge is 0.416 e. The summed E-state index contributed by atoms with van der Waals surface area (Å²) in [4.78, 5) is 11.2. The summed E-state index contributed by atoms with van der Waals surface area (Å²) in [5.74, 6) is 0.334. The Labute approximate surface area is 101 Å². The molecule has 1 aromatic rings. The van der Waals surface area contributed by atoms with Crippen LogP contribution in [0.5, 0.6) is 0 Å². The van der Waals surface area contributed by atoms with Crippen LogP contribution in [0.15, 0.2) is 35.0 Å². The fraction of sp³-hybridized carbons (Fsp3) is 0.100. The Hall–Kier alpha value is -1.000. The molecule has 0 atom stereocenters. The van der Waals surface area contributed by atoms with Crippen LogP contribution in [0.2, 0.25) is 5.02 Å². The molecule has 0 fully saturated rings. The third-order valence-electron chi connectivity index (χ3n) is 1.43. The molecular formula is C10H9BrClNO2. The molecule has 1 aromatic carbocycles. The van der Waals surface area contributed by atoms with Gasteiger partial charge in [-0.15, -0.1) is 0 Å². The van der Waals surface area contributed by atoms with E-state index in [4.69, 9.17) is 16.3 Å². The van der Waals surface area contributed by atoms with Gasteiger partial charge < -0.3 is 4.74 Å². The van der Waals surface area contributed by atoms with Crippen molar-refractivity contribution in [1.82, 2.24) is 0 Å². The van der Waals surface area contributed by atoms with Crippen LogP contribution in [0, 0.1) is 0 Å². The number of nitrogens with one attached hydrogen (secondary N) is 1. The van der Waals surface area contributed by atoms with Crippen molar-refractivity contribution in [3.63, 3.8) is 0 Å². The zero-order valence-corrected chi connectivity index (χ0v) is 10.4. The van der Waals surface area contributed by atoms with Crippen molar-refractivity contribution in [1.29, 1.82) is 0 Å². The van der Waals surface area contributed by atoms with Crippen LogP contribution in [0.1, 0.15) is 6.92 Å². The van der Waals surface area contributed by atoms with Gasteiger partial charge in [0.25, 0.3) is 0 Å². The molecule has 80 valence electrons. The van der Waals surface area contributed by atoms with E-state index in [9.17, 15) is 4.79 Å².